The first kappa shape index (κ1) is 23.1. The Hall–Kier alpha value is -3.10. The number of carbonyl (C=O) groups is 2. The molecule has 1 atom stereocenters. The number of benzene rings is 2. The molecule has 1 saturated heterocycles. The molecular formula is C25H27N3O4S. The van der Waals surface area contributed by atoms with Crippen LogP contribution in [-0.4, -0.2) is 46.7 Å². The summed E-state index contributed by atoms with van der Waals surface area (Å²) in [5.41, 5.74) is 3.47. The van der Waals surface area contributed by atoms with Crippen molar-refractivity contribution in [1.29, 1.82) is 0 Å². The van der Waals surface area contributed by atoms with E-state index in [0.717, 1.165) is 41.5 Å². The molecule has 1 amide bonds. The zero-order valence-corrected chi connectivity index (χ0v) is 19.6. The lowest BCUT2D eigenvalue weighted by molar-refractivity contribution is -0.119. The minimum absolute atomic E-state index is 0.216. The molecule has 1 fully saturated rings. The van der Waals surface area contributed by atoms with Crippen LogP contribution in [0.15, 0.2) is 59.5 Å². The topological polar surface area (TPSA) is 82.5 Å². The van der Waals surface area contributed by atoms with Crippen molar-refractivity contribution < 1.29 is 19.1 Å². The zero-order chi connectivity index (χ0) is 23.2. The second kappa shape index (κ2) is 10.7. The van der Waals surface area contributed by atoms with Crippen molar-refractivity contribution in [2.75, 3.05) is 24.3 Å². The summed E-state index contributed by atoms with van der Waals surface area (Å²) in [6.07, 6.45) is 2.33. The number of aryl methyl sites for hydroxylation is 1. The number of amides is 1. The Labute approximate surface area is 197 Å². The molecule has 4 rings (SSSR count). The summed E-state index contributed by atoms with van der Waals surface area (Å²) in [5, 5.41) is 7.35. The van der Waals surface area contributed by atoms with Crippen molar-refractivity contribution in [3.8, 4) is 5.69 Å². The number of carbonyl (C=O) groups excluding carboxylic acids is 2. The number of hydrogen-bond acceptors (Lipinski definition) is 6. The van der Waals surface area contributed by atoms with E-state index < -0.39 is 11.9 Å². The monoisotopic (exact) mass is 465 g/mol. The van der Waals surface area contributed by atoms with Gasteiger partial charge in [-0.3, -0.25) is 4.79 Å². The molecule has 33 heavy (non-hydrogen) atoms. The minimum Gasteiger partial charge on any atom is -0.452 e. The molecule has 1 aliphatic heterocycles. The van der Waals surface area contributed by atoms with E-state index in [1.54, 1.807) is 28.6 Å². The second-order valence-corrected chi connectivity index (χ2v) is 8.92. The number of nitrogens with one attached hydrogen (secondary N) is 1. The molecule has 172 valence electrons. The number of anilines is 1. The lowest BCUT2D eigenvalue weighted by Crippen LogP contribution is -2.22. The highest BCUT2D eigenvalue weighted by Crippen LogP contribution is 2.27. The summed E-state index contributed by atoms with van der Waals surface area (Å²) >= 11 is 1.58. The predicted octanol–water partition coefficient (Wildman–Crippen LogP) is 4.56. The zero-order valence-electron chi connectivity index (χ0n) is 18.7. The highest BCUT2D eigenvalue weighted by atomic mass is 32.2. The molecule has 0 radical (unpaired) electrons. The van der Waals surface area contributed by atoms with Gasteiger partial charge in [-0.25, -0.2) is 9.48 Å². The largest absolute Gasteiger partial charge is 0.452 e. The van der Waals surface area contributed by atoms with Gasteiger partial charge in [-0.05, 0) is 51.0 Å². The highest BCUT2D eigenvalue weighted by Gasteiger charge is 2.20. The van der Waals surface area contributed by atoms with Crippen LogP contribution in [0.1, 0.15) is 34.6 Å². The molecule has 0 saturated carbocycles. The van der Waals surface area contributed by atoms with Gasteiger partial charge in [0.05, 0.1) is 34.4 Å². The van der Waals surface area contributed by atoms with Crippen LogP contribution in [0.25, 0.3) is 5.69 Å². The maximum atomic E-state index is 12.7. The molecule has 2 aromatic carbocycles. The number of nitrogens with zero attached hydrogens (tertiary/aromatic N) is 2. The van der Waals surface area contributed by atoms with E-state index in [0.29, 0.717) is 16.9 Å². The molecule has 1 N–H and O–H groups in total. The summed E-state index contributed by atoms with van der Waals surface area (Å²) < 4.78 is 12.8. The van der Waals surface area contributed by atoms with Gasteiger partial charge in [0.25, 0.3) is 5.91 Å². The van der Waals surface area contributed by atoms with Crippen molar-refractivity contribution in [3.63, 3.8) is 0 Å². The molecule has 1 unspecified atom stereocenters. The van der Waals surface area contributed by atoms with Crippen molar-refractivity contribution in [2.24, 2.45) is 0 Å². The Kier molecular flexibility index (Phi) is 7.47. The smallest absolute Gasteiger partial charge is 0.339 e. The maximum Gasteiger partial charge on any atom is 0.339 e. The van der Waals surface area contributed by atoms with Crippen LogP contribution >= 0.6 is 11.8 Å². The Balaban J connectivity index is 1.36. The average Bonchev–Trinajstić information content (AvgIpc) is 3.46. The first-order valence-electron chi connectivity index (χ1n) is 10.9. The van der Waals surface area contributed by atoms with E-state index in [2.05, 4.69) is 10.4 Å². The van der Waals surface area contributed by atoms with E-state index >= 15 is 0 Å². The van der Waals surface area contributed by atoms with E-state index in [1.807, 2.05) is 56.3 Å². The molecule has 0 spiro atoms. The summed E-state index contributed by atoms with van der Waals surface area (Å²) in [6, 6.07) is 17.0. The van der Waals surface area contributed by atoms with Crippen molar-refractivity contribution in [3.05, 3.63) is 71.5 Å². The van der Waals surface area contributed by atoms with Gasteiger partial charge in [-0.2, -0.15) is 5.10 Å². The van der Waals surface area contributed by atoms with E-state index in [4.69, 9.17) is 9.47 Å². The first-order valence-corrected chi connectivity index (χ1v) is 11.9. The van der Waals surface area contributed by atoms with Crippen LogP contribution in [-0.2, 0) is 14.3 Å². The fourth-order valence-corrected chi connectivity index (χ4v) is 4.86. The number of esters is 1. The minimum atomic E-state index is -0.519. The van der Waals surface area contributed by atoms with Crippen molar-refractivity contribution in [1.82, 2.24) is 9.78 Å². The van der Waals surface area contributed by atoms with Gasteiger partial charge in [-0.1, -0.05) is 30.3 Å². The number of para-hydroxylation sites is 1. The number of hydrogen-bond donors (Lipinski definition) is 1. The highest BCUT2D eigenvalue weighted by molar-refractivity contribution is 7.99. The van der Waals surface area contributed by atoms with Gasteiger partial charge in [-0.15, -0.1) is 11.8 Å². The number of ether oxygens (including phenoxy) is 2. The van der Waals surface area contributed by atoms with Crippen LogP contribution in [0, 0.1) is 13.8 Å². The second-order valence-electron chi connectivity index (χ2n) is 7.86. The fourth-order valence-electron chi connectivity index (χ4n) is 3.75. The third kappa shape index (κ3) is 5.64. The van der Waals surface area contributed by atoms with Gasteiger partial charge in [0.2, 0.25) is 0 Å². The molecule has 1 aromatic heterocycles. The fraction of sp³-hybridized carbons (Fsp3) is 0.320. The SMILES string of the molecule is Cc1nn(-c2ccccc2)c(C)c1NC(=O)COC(=O)c1ccccc1SCC1CCCO1. The molecule has 3 aromatic rings. The van der Waals surface area contributed by atoms with Crippen molar-refractivity contribution >= 4 is 29.3 Å². The third-order valence-electron chi connectivity index (χ3n) is 5.45. The molecule has 8 heteroatoms. The van der Waals surface area contributed by atoms with E-state index in [1.165, 1.54) is 0 Å². The number of aromatic nitrogens is 2. The molecule has 0 aliphatic carbocycles. The van der Waals surface area contributed by atoms with Gasteiger partial charge in [0, 0.05) is 17.3 Å². The lowest BCUT2D eigenvalue weighted by atomic mass is 10.2. The Morgan fingerprint density at radius 2 is 1.91 bits per heavy atom. The van der Waals surface area contributed by atoms with Gasteiger partial charge >= 0.3 is 5.97 Å². The van der Waals surface area contributed by atoms with Crippen LogP contribution < -0.4 is 5.32 Å². The Bertz CT molecular complexity index is 1120. The van der Waals surface area contributed by atoms with Crippen LogP contribution in [0.2, 0.25) is 0 Å². The molecular weight excluding hydrogens is 438 g/mol. The molecule has 0 bridgehead atoms. The lowest BCUT2D eigenvalue weighted by Gasteiger charge is -2.12. The van der Waals surface area contributed by atoms with Crippen LogP contribution in [0.5, 0.6) is 0 Å². The Morgan fingerprint density at radius 3 is 2.67 bits per heavy atom. The van der Waals surface area contributed by atoms with Crippen LogP contribution in [0.4, 0.5) is 5.69 Å². The van der Waals surface area contributed by atoms with Crippen LogP contribution in [0.3, 0.4) is 0 Å². The van der Waals surface area contributed by atoms with Gasteiger partial charge in [0.15, 0.2) is 6.61 Å². The van der Waals surface area contributed by atoms with E-state index in [9.17, 15) is 9.59 Å². The van der Waals surface area contributed by atoms with Gasteiger partial charge in [0.1, 0.15) is 0 Å². The Morgan fingerprint density at radius 1 is 1.15 bits per heavy atom. The molecule has 7 nitrogen and oxygen atoms in total. The summed E-state index contributed by atoms with van der Waals surface area (Å²) in [4.78, 5) is 26.0. The molecule has 1 aliphatic rings. The average molecular weight is 466 g/mol. The number of rotatable bonds is 8. The quantitative estimate of drug-likeness (QED) is 0.388. The summed E-state index contributed by atoms with van der Waals surface area (Å²) in [7, 11) is 0. The van der Waals surface area contributed by atoms with E-state index in [-0.39, 0.29) is 12.7 Å². The normalized spacial score (nSPS) is 15.4. The molecule has 2 heterocycles. The standard InChI is InChI=1S/C25H27N3O4S/c1-17-24(18(2)28(27-17)19-9-4-3-5-10-19)26-23(29)15-32-25(30)21-12-6-7-13-22(21)33-16-20-11-8-14-31-20/h3-7,9-10,12-13,20H,8,11,14-16H2,1-2H3,(H,26,29). The number of thioether (sulfide) groups is 1. The van der Waals surface area contributed by atoms with Gasteiger partial charge < -0.3 is 14.8 Å². The summed E-state index contributed by atoms with van der Waals surface area (Å²) in [5.74, 6) is -0.143. The van der Waals surface area contributed by atoms with Crippen molar-refractivity contribution in [2.45, 2.75) is 37.7 Å². The summed E-state index contributed by atoms with van der Waals surface area (Å²) in [6.45, 7) is 4.14. The maximum absolute atomic E-state index is 12.7. The third-order valence-corrected chi connectivity index (χ3v) is 6.65. The predicted molar refractivity (Wildman–Crippen MR) is 128 cm³/mol. The first-order chi connectivity index (χ1) is 16.0.